The first-order valence-electron chi connectivity index (χ1n) is 9.69. The molecular formula is C21H22ClN3O4S. The topological polar surface area (TPSA) is 78.0 Å². The Balaban J connectivity index is 1.47. The Labute approximate surface area is 180 Å². The van der Waals surface area contributed by atoms with Gasteiger partial charge in [0, 0.05) is 26.2 Å². The molecule has 2 fully saturated rings. The second-order valence-corrected chi connectivity index (χ2v) is 10.1. The van der Waals surface area contributed by atoms with Crippen LogP contribution in [0.3, 0.4) is 0 Å². The predicted molar refractivity (Wildman–Crippen MR) is 114 cm³/mol. The fourth-order valence-corrected chi connectivity index (χ4v) is 5.37. The molecule has 2 aromatic carbocycles. The van der Waals surface area contributed by atoms with E-state index in [9.17, 15) is 18.0 Å². The summed E-state index contributed by atoms with van der Waals surface area (Å²) in [6, 6.07) is 12.5. The fraction of sp³-hybridized carbons (Fsp3) is 0.333. The van der Waals surface area contributed by atoms with E-state index in [2.05, 4.69) is 0 Å². The number of sulfone groups is 1. The summed E-state index contributed by atoms with van der Waals surface area (Å²) in [6.45, 7) is 3.34. The van der Waals surface area contributed by atoms with Gasteiger partial charge in [-0.05, 0) is 36.8 Å². The van der Waals surface area contributed by atoms with Crippen LogP contribution in [0.4, 0.5) is 10.5 Å². The summed E-state index contributed by atoms with van der Waals surface area (Å²) in [5.41, 5.74) is 1.28. The number of piperazine rings is 1. The highest BCUT2D eigenvalue weighted by Crippen LogP contribution is 2.33. The van der Waals surface area contributed by atoms with Crippen molar-refractivity contribution in [3.05, 3.63) is 59.1 Å². The van der Waals surface area contributed by atoms with Crippen molar-refractivity contribution in [3.63, 3.8) is 0 Å². The highest BCUT2D eigenvalue weighted by molar-refractivity contribution is 7.91. The molecule has 1 atom stereocenters. The van der Waals surface area contributed by atoms with Crippen molar-refractivity contribution >= 4 is 39.1 Å². The summed E-state index contributed by atoms with van der Waals surface area (Å²) in [6.07, 6.45) is 0. The lowest BCUT2D eigenvalue weighted by Gasteiger charge is -2.35. The van der Waals surface area contributed by atoms with Crippen molar-refractivity contribution in [2.45, 2.75) is 17.9 Å². The van der Waals surface area contributed by atoms with Gasteiger partial charge in [-0.15, -0.1) is 0 Å². The number of amides is 3. The molecule has 2 saturated heterocycles. The molecule has 158 valence electrons. The third-order valence-corrected chi connectivity index (χ3v) is 7.56. The number of hydrogen-bond donors (Lipinski definition) is 0. The Hall–Kier alpha value is -2.42. The SMILES string of the molecule is Cc1ccc(Cl)c(N2C(=O)C3CN(CCS(=O)(=O)c4ccccc4)CCN3C2=O)c1. The van der Waals surface area contributed by atoms with Crippen LogP contribution in [0.25, 0.3) is 0 Å². The Kier molecular flexibility index (Phi) is 5.57. The van der Waals surface area contributed by atoms with E-state index in [1.807, 2.05) is 17.9 Å². The number of hydrogen-bond acceptors (Lipinski definition) is 5. The first-order valence-corrected chi connectivity index (χ1v) is 11.7. The van der Waals surface area contributed by atoms with Gasteiger partial charge in [0.15, 0.2) is 9.84 Å². The van der Waals surface area contributed by atoms with Gasteiger partial charge in [-0.25, -0.2) is 18.1 Å². The predicted octanol–water partition coefficient (Wildman–Crippen LogP) is 2.58. The number of halogens is 1. The lowest BCUT2D eigenvalue weighted by Crippen LogP contribution is -2.53. The largest absolute Gasteiger partial charge is 0.332 e. The number of benzene rings is 2. The van der Waals surface area contributed by atoms with Crippen LogP contribution >= 0.6 is 11.6 Å². The molecule has 1 unspecified atom stereocenters. The molecule has 0 saturated carbocycles. The summed E-state index contributed by atoms with van der Waals surface area (Å²) in [5, 5.41) is 0.341. The molecule has 0 radical (unpaired) electrons. The second kappa shape index (κ2) is 8.02. The number of carbonyl (C=O) groups is 2. The van der Waals surface area contributed by atoms with E-state index in [0.717, 1.165) is 10.5 Å². The number of urea groups is 1. The molecule has 0 N–H and O–H groups in total. The third-order valence-electron chi connectivity index (χ3n) is 5.53. The van der Waals surface area contributed by atoms with Gasteiger partial charge in [-0.2, -0.15) is 0 Å². The number of carbonyl (C=O) groups excluding carboxylic acids is 2. The fourth-order valence-electron chi connectivity index (χ4n) is 3.87. The van der Waals surface area contributed by atoms with E-state index >= 15 is 0 Å². The molecule has 0 spiro atoms. The van der Waals surface area contributed by atoms with Crippen molar-refractivity contribution in [1.29, 1.82) is 0 Å². The maximum Gasteiger partial charge on any atom is 0.332 e. The summed E-state index contributed by atoms with van der Waals surface area (Å²) in [4.78, 5) is 30.8. The highest BCUT2D eigenvalue weighted by atomic mass is 35.5. The van der Waals surface area contributed by atoms with E-state index in [0.29, 0.717) is 36.9 Å². The third kappa shape index (κ3) is 3.82. The van der Waals surface area contributed by atoms with Gasteiger partial charge in [0.1, 0.15) is 6.04 Å². The van der Waals surface area contributed by atoms with Gasteiger partial charge in [-0.1, -0.05) is 35.9 Å². The van der Waals surface area contributed by atoms with Crippen molar-refractivity contribution in [1.82, 2.24) is 9.80 Å². The monoisotopic (exact) mass is 447 g/mol. The van der Waals surface area contributed by atoms with E-state index < -0.39 is 15.9 Å². The van der Waals surface area contributed by atoms with Crippen LogP contribution in [0.2, 0.25) is 5.02 Å². The molecule has 3 amide bonds. The van der Waals surface area contributed by atoms with E-state index in [1.165, 1.54) is 0 Å². The second-order valence-electron chi connectivity index (χ2n) is 7.55. The van der Waals surface area contributed by atoms with Crippen molar-refractivity contribution in [2.24, 2.45) is 0 Å². The van der Waals surface area contributed by atoms with Crippen LogP contribution < -0.4 is 4.90 Å². The first kappa shape index (κ1) is 20.8. The Morgan fingerprint density at radius 3 is 2.53 bits per heavy atom. The summed E-state index contributed by atoms with van der Waals surface area (Å²) < 4.78 is 25.1. The van der Waals surface area contributed by atoms with Gasteiger partial charge < -0.3 is 4.90 Å². The minimum Gasteiger partial charge on any atom is -0.309 e. The minimum atomic E-state index is -3.41. The zero-order valence-corrected chi connectivity index (χ0v) is 18.1. The summed E-state index contributed by atoms with van der Waals surface area (Å²) in [7, 11) is -3.41. The molecule has 2 heterocycles. The molecule has 2 aromatic rings. The van der Waals surface area contributed by atoms with Gasteiger partial charge in [0.2, 0.25) is 0 Å². The highest BCUT2D eigenvalue weighted by Gasteiger charge is 2.48. The standard InChI is InChI=1S/C21H22ClN3O4S/c1-15-7-8-17(22)18(13-15)25-20(26)19-14-23(9-10-24(19)21(25)27)11-12-30(28,29)16-5-3-2-4-6-16/h2-8,13,19H,9-12,14H2,1H3. The molecule has 7 nitrogen and oxygen atoms in total. The molecule has 0 aliphatic carbocycles. The molecular weight excluding hydrogens is 426 g/mol. The van der Waals surface area contributed by atoms with Crippen LogP contribution in [-0.2, 0) is 14.6 Å². The Bertz CT molecular complexity index is 1090. The summed E-state index contributed by atoms with van der Waals surface area (Å²) in [5.74, 6) is -0.373. The molecule has 2 aliphatic rings. The molecule has 4 rings (SSSR count). The molecule has 0 bridgehead atoms. The zero-order chi connectivity index (χ0) is 21.5. The van der Waals surface area contributed by atoms with Gasteiger partial charge in [0.25, 0.3) is 5.91 Å². The van der Waals surface area contributed by atoms with Gasteiger partial charge >= 0.3 is 6.03 Å². The van der Waals surface area contributed by atoms with Crippen LogP contribution in [0.1, 0.15) is 5.56 Å². The molecule has 2 aliphatic heterocycles. The van der Waals surface area contributed by atoms with E-state index in [1.54, 1.807) is 47.4 Å². The Morgan fingerprint density at radius 2 is 1.80 bits per heavy atom. The van der Waals surface area contributed by atoms with E-state index in [-0.39, 0.29) is 22.6 Å². The number of rotatable bonds is 5. The van der Waals surface area contributed by atoms with Crippen LogP contribution in [0.15, 0.2) is 53.4 Å². The lowest BCUT2D eigenvalue weighted by molar-refractivity contribution is -0.121. The zero-order valence-electron chi connectivity index (χ0n) is 16.5. The smallest absolute Gasteiger partial charge is 0.309 e. The number of nitrogens with zero attached hydrogens (tertiary/aromatic N) is 3. The van der Waals surface area contributed by atoms with Crippen LogP contribution in [-0.4, -0.2) is 68.1 Å². The molecule has 0 aromatic heterocycles. The number of anilines is 1. The number of fused-ring (bicyclic) bond motifs is 1. The minimum absolute atomic E-state index is 0.0424. The van der Waals surface area contributed by atoms with Crippen molar-refractivity contribution in [2.75, 3.05) is 36.8 Å². The molecule has 30 heavy (non-hydrogen) atoms. The van der Waals surface area contributed by atoms with E-state index in [4.69, 9.17) is 11.6 Å². The normalized spacial score (nSPS) is 20.0. The average Bonchev–Trinajstić information content (AvgIpc) is 2.99. The average molecular weight is 448 g/mol. The lowest BCUT2D eigenvalue weighted by atomic mass is 10.1. The first-order chi connectivity index (χ1) is 14.3. The van der Waals surface area contributed by atoms with Crippen molar-refractivity contribution in [3.8, 4) is 0 Å². The van der Waals surface area contributed by atoms with Crippen LogP contribution in [0, 0.1) is 6.92 Å². The molecule has 9 heteroatoms. The quantitative estimate of drug-likeness (QED) is 0.658. The van der Waals surface area contributed by atoms with Gasteiger partial charge in [0.05, 0.1) is 21.4 Å². The summed E-state index contributed by atoms with van der Waals surface area (Å²) >= 11 is 6.25. The maximum atomic E-state index is 13.0. The maximum absolute atomic E-state index is 13.0. The Morgan fingerprint density at radius 1 is 1.07 bits per heavy atom. The number of aryl methyl sites for hydroxylation is 1. The van der Waals surface area contributed by atoms with Crippen molar-refractivity contribution < 1.29 is 18.0 Å². The van der Waals surface area contributed by atoms with Crippen LogP contribution in [0.5, 0.6) is 0 Å². The number of imide groups is 1. The van der Waals surface area contributed by atoms with Gasteiger partial charge in [-0.3, -0.25) is 9.69 Å².